The van der Waals surface area contributed by atoms with Gasteiger partial charge in [-0.1, -0.05) is 30.3 Å². The SMILES string of the molecule is COC(=O)C[C@H]1CN(C(=O)OCc2ccccc2)C=CC1=O. The minimum absolute atomic E-state index is 0.0534. The monoisotopic (exact) mass is 303 g/mol. The summed E-state index contributed by atoms with van der Waals surface area (Å²) < 4.78 is 9.74. The van der Waals surface area contributed by atoms with Crippen molar-refractivity contribution in [1.82, 2.24) is 4.90 Å². The standard InChI is InChI=1S/C16H17NO5/c1-21-15(19)9-13-10-17(8-7-14(13)18)16(20)22-11-12-5-3-2-4-6-12/h2-8,13H,9-11H2,1H3/t13-/m0/s1. The van der Waals surface area contributed by atoms with Gasteiger partial charge in [-0.05, 0) is 11.6 Å². The first-order chi connectivity index (χ1) is 10.6. The molecular weight excluding hydrogens is 286 g/mol. The van der Waals surface area contributed by atoms with Gasteiger partial charge >= 0.3 is 12.1 Å². The number of carbonyl (C=O) groups is 3. The Hall–Kier alpha value is -2.63. The molecule has 22 heavy (non-hydrogen) atoms. The molecule has 0 saturated heterocycles. The number of hydrogen-bond donors (Lipinski definition) is 0. The minimum Gasteiger partial charge on any atom is -0.469 e. The second kappa shape index (κ2) is 7.40. The molecule has 6 nitrogen and oxygen atoms in total. The number of ether oxygens (including phenoxy) is 2. The number of methoxy groups -OCH3 is 1. The molecule has 1 aliphatic heterocycles. The summed E-state index contributed by atoms with van der Waals surface area (Å²) in [5.41, 5.74) is 0.874. The van der Waals surface area contributed by atoms with Crippen molar-refractivity contribution in [3.63, 3.8) is 0 Å². The molecule has 0 bridgehead atoms. The molecule has 1 heterocycles. The van der Waals surface area contributed by atoms with Crippen LogP contribution in [-0.4, -0.2) is 36.4 Å². The van der Waals surface area contributed by atoms with Gasteiger partial charge in [0.15, 0.2) is 5.78 Å². The van der Waals surface area contributed by atoms with Gasteiger partial charge in [0.05, 0.1) is 19.4 Å². The molecule has 1 aromatic rings. The van der Waals surface area contributed by atoms with Gasteiger partial charge < -0.3 is 9.47 Å². The maximum Gasteiger partial charge on any atom is 0.414 e. The van der Waals surface area contributed by atoms with Gasteiger partial charge in [-0.15, -0.1) is 0 Å². The second-order valence-corrected chi connectivity index (χ2v) is 4.89. The molecule has 0 fully saturated rings. The molecule has 1 atom stereocenters. The first kappa shape index (κ1) is 15.8. The summed E-state index contributed by atoms with van der Waals surface area (Å²) in [7, 11) is 1.26. The number of nitrogens with zero attached hydrogens (tertiary/aromatic N) is 1. The lowest BCUT2D eigenvalue weighted by molar-refractivity contribution is -0.143. The van der Waals surface area contributed by atoms with Crippen LogP contribution in [0.4, 0.5) is 4.79 Å². The van der Waals surface area contributed by atoms with E-state index in [-0.39, 0.29) is 25.4 Å². The summed E-state index contributed by atoms with van der Waals surface area (Å²) in [6.45, 7) is 0.262. The largest absolute Gasteiger partial charge is 0.469 e. The van der Waals surface area contributed by atoms with Gasteiger partial charge in [0.25, 0.3) is 0 Å². The number of carbonyl (C=O) groups excluding carboxylic acids is 3. The van der Waals surface area contributed by atoms with Gasteiger partial charge in [0.2, 0.25) is 0 Å². The van der Waals surface area contributed by atoms with Crippen LogP contribution in [0.3, 0.4) is 0 Å². The molecule has 116 valence electrons. The van der Waals surface area contributed by atoms with Crippen LogP contribution in [0, 0.1) is 5.92 Å². The minimum atomic E-state index is -0.596. The summed E-state index contributed by atoms with van der Waals surface area (Å²) in [4.78, 5) is 36.3. The Bertz CT molecular complexity index is 581. The Balaban J connectivity index is 1.91. The maximum absolute atomic E-state index is 12.0. The highest BCUT2D eigenvalue weighted by Crippen LogP contribution is 2.16. The number of benzene rings is 1. The van der Waals surface area contributed by atoms with E-state index < -0.39 is 18.0 Å². The van der Waals surface area contributed by atoms with Crippen LogP contribution in [0.15, 0.2) is 42.6 Å². The van der Waals surface area contributed by atoms with E-state index in [4.69, 9.17) is 4.74 Å². The summed E-state index contributed by atoms with van der Waals surface area (Å²) in [5, 5.41) is 0. The maximum atomic E-state index is 12.0. The van der Waals surface area contributed by atoms with Crippen molar-refractivity contribution < 1.29 is 23.9 Å². The number of ketones is 1. The first-order valence-corrected chi connectivity index (χ1v) is 6.86. The average molecular weight is 303 g/mol. The van der Waals surface area contributed by atoms with E-state index in [9.17, 15) is 14.4 Å². The number of allylic oxidation sites excluding steroid dienone is 1. The van der Waals surface area contributed by atoms with Crippen molar-refractivity contribution >= 4 is 17.8 Å². The molecule has 0 aromatic heterocycles. The van der Waals surface area contributed by atoms with Crippen molar-refractivity contribution in [3.8, 4) is 0 Å². The molecular formula is C16H17NO5. The zero-order valence-electron chi connectivity index (χ0n) is 12.2. The molecule has 0 unspecified atom stereocenters. The Kier molecular flexibility index (Phi) is 5.30. The predicted molar refractivity (Wildman–Crippen MR) is 77.6 cm³/mol. The molecule has 0 aliphatic carbocycles. The zero-order chi connectivity index (χ0) is 15.9. The number of amides is 1. The van der Waals surface area contributed by atoms with E-state index in [1.54, 1.807) is 0 Å². The molecule has 1 amide bonds. The van der Waals surface area contributed by atoms with Crippen LogP contribution in [0.5, 0.6) is 0 Å². The normalized spacial score (nSPS) is 17.2. The Labute approximate surface area is 128 Å². The molecule has 1 aliphatic rings. The van der Waals surface area contributed by atoms with Gasteiger partial charge in [-0.2, -0.15) is 0 Å². The predicted octanol–water partition coefficient (Wildman–Crippen LogP) is 1.90. The summed E-state index contributed by atoms with van der Waals surface area (Å²) in [5.74, 6) is -1.27. The van der Waals surface area contributed by atoms with E-state index in [0.717, 1.165) is 5.56 Å². The topological polar surface area (TPSA) is 72.9 Å². The van der Waals surface area contributed by atoms with Crippen LogP contribution in [0.2, 0.25) is 0 Å². The van der Waals surface area contributed by atoms with E-state index in [1.807, 2.05) is 30.3 Å². The number of rotatable bonds is 4. The average Bonchev–Trinajstić information content (AvgIpc) is 2.55. The fourth-order valence-electron chi connectivity index (χ4n) is 2.08. The van der Waals surface area contributed by atoms with Crippen molar-refractivity contribution in [3.05, 3.63) is 48.2 Å². The van der Waals surface area contributed by atoms with Crippen LogP contribution < -0.4 is 0 Å². The van der Waals surface area contributed by atoms with Crippen LogP contribution in [0.25, 0.3) is 0 Å². The van der Waals surface area contributed by atoms with Crippen LogP contribution in [0.1, 0.15) is 12.0 Å². The molecule has 2 rings (SSSR count). The Morgan fingerprint density at radius 1 is 1.27 bits per heavy atom. The summed E-state index contributed by atoms with van der Waals surface area (Å²) in [6, 6.07) is 9.29. The number of hydrogen-bond acceptors (Lipinski definition) is 5. The van der Waals surface area contributed by atoms with Gasteiger partial charge in [0, 0.05) is 12.7 Å². The highest BCUT2D eigenvalue weighted by atomic mass is 16.6. The Morgan fingerprint density at radius 3 is 2.68 bits per heavy atom. The lowest BCUT2D eigenvalue weighted by Crippen LogP contribution is -2.38. The number of esters is 1. The van der Waals surface area contributed by atoms with Crippen molar-refractivity contribution in [2.24, 2.45) is 5.92 Å². The van der Waals surface area contributed by atoms with E-state index in [0.29, 0.717) is 0 Å². The van der Waals surface area contributed by atoms with E-state index in [1.165, 1.54) is 24.3 Å². The fraction of sp³-hybridized carbons (Fsp3) is 0.312. The fourth-order valence-corrected chi connectivity index (χ4v) is 2.08. The second-order valence-electron chi connectivity index (χ2n) is 4.89. The molecule has 0 radical (unpaired) electrons. The third-order valence-electron chi connectivity index (χ3n) is 3.32. The molecule has 0 spiro atoms. The van der Waals surface area contributed by atoms with Gasteiger partial charge in [0.1, 0.15) is 6.61 Å². The lowest BCUT2D eigenvalue weighted by Gasteiger charge is -2.25. The van der Waals surface area contributed by atoms with Crippen molar-refractivity contribution in [1.29, 1.82) is 0 Å². The van der Waals surface area contributed by atoms with Crippen molar-refractivity contribution in [2.45, 2.75) is 13.0 Å². The van der Waals surface area contributed by atoms with E-state index >= 15 is 0 Å². The van der Waals surface area contributed by atoms with Gasteiger partial charge in [-0.25, -0.2) is 4.79 Å². The van der Waals surface area contributed by atoms with Crippen molar-refractivity contribution in [2.75, 3.05) is 13.7 Å². The third-order valence-corrected chi connectivity index (χ3v) is 3.32. The Morgan fingerprint density at radius 2 is 2.00 bits per heavy atom. The molecule has 0 saturated carbocycles. The van der Waals surface area contributed by atoms with Crippen LogP contribution >= 0.6 is 0 Å². The molecule has 1 aromatic carbocycles. The molecule has 6 heteroatoms. The third kappa shape index (κ3) is 4.18. The molecule has 0 N–H and O–H groups in total. The zero-order valence-corrected chi connectivity index (χ0v) is 12.2. The summed E-state index contributed by atoms with van der Waals surface area (Å²) >= 11 is 0. The van der Waals surface area contributed by atoms with Gasteiger partial charge in [-0.3, -0.25) is 14.5 Å². The highest BCUT2D eigenvalue weighted by molar-refractivity contribution is 5.95. The highest BCUT2D eigenvalue weighted by Gasteiger charge is 2.29. The quantitative estimate of drug-likeness (QED) is 0.794. The van der Waals surface area contributed by atoms with E-state index in [2.05, 4.69) is 4.74 Å². The lowest BCUT2D eigenvalue weighted by atomic mass is 9.97. The summed E-state index contributed by atoms with van der Waals surface area (Å²) in [6.07, 6.45) is 2.05. The van der Waals surface area contributed by atoms with Crippen LogP contribution in [-0.2, 0) is 25.7 Å². The first-order valence-electron chi connectivity index (χ1n) is 6.86. The smallest absolute Gasteiger partial charge is 0.414 e.